The molecule has 0 spiro atoms. The first-order valence-corrected chi connectivity index (χ1v) is 6.84. The van der Waals surface area contributed by atoms with Crippen LogP contribution in [-0.4, -0.2) is 42.2 Å². The minimum Gasteiger partial charge on any atom is -0.491 e. The first kappa shape index (κ1) is 13.9. The highest BCUT2D eigenvalue weighted by molar-refractivity contribution is 5.90. The topological polar surface area (TPSA) is 49.8 Å². The Hall–Kier alpha value is -1.55. The number of nitrogens with zero attached hydrogens (tertiary/aromatic N) is 1. The molecule has 1 fully saturated rings. The molecule has 0 atom stereocenters. The van der Waals surface area contributed by atoms with E-state index in [0.717, 1.165) is 6.54 Å². The number of rotatable bonds is 6. The second kappa shape index (κ2) is 6.57. The second-order valence-corrected chi connectivity index (χ2v) is 5.07. The molecular formula is C15H21NO3. The van der Waals surface area contributed by atoms with Crippen molar-refractivity contribution in [2.24, 2.45) is 0 Å². The van der Waals surface area contributed by atoms with Gasteiger partial charge < -0.3 is 14.7 Å². The van der Waals surface area contributed by atoms with Crippen LogP contribution in [0.4, 0.5) is 0 Å². The summed E-state index contributed by atoms with van der Waals surface area (Å²) < 4.78 is 5.61. The molecule has 1 saturated carbocycles. The van der Waals surface area contributed by atoms with Crippen molar-refractivity contribution >= 4 is 5.97 Å². The van der Waals surface area contributed by atoms with Gasteiger partial charge in [-0.2, -0.15) is 0 Å². The molecule has 4 nitrogen and oxygen atoms in total. The van der Waals surface area contributed by atoms with E-state index < -0.39 is 5.97 Å². The van der Waals surface area contributed by atoms with Gasteiger partial charge in [-0.3, -0.25) is 0 Å². The van der Waals surface area contributed by atoms with Crippen LogP contribution in [-0.2, 0) is 0 Å². The predicted molar refractivity (Wildman–Crippen MR) is 73.8 cm³/mol. The van der Waals surface area contributed by atoms with Crippen LogP contribution in [0.15, 0.2) is 24.3 Å². The highest BCUT2D eigenvalue weighted by atomic mass is 16.5. The van der Waals surface area contributed by atoms with Gasteiger partial charge in [0.2, 0.25) is 0 Å². The van der Waals surface area contributed by atoms with Crippen molar-refractivity contribution in [2.75, 3.05) is 20.2 Å². The van der Waals surface area contributed by atoms with E-state index in [0.29, 0.717) is 18.4 Å². The fourth-order valence-electron chi connectivity index (χ4n) is 2.60. The monoisotopic (exact) mass is 263 g/mol. The van der Waals surface area contributed by atoms with Crippen molar-refractivity contribution in [2.45, 2.75) is 31.7 Å². The van der Waals surface area contributed by atoms with Gasteiger partial charge in [-0.05, 0) is 32.0 Å². The Bertz CT molecular complexity index is 427. The van der Waals surface area contributed by atoms with E-state index in [1.165, 1.54) is 25.7 Å². The van der Waals surface area contributed by atoms with E-state index in [1.54, 1.807) is 24.3 Å². The van der Waals surface area contributed by atoms with Gasteiger partial charge in [-0.15, -0.1) is 0 Å². The van der Waals surface area contributed by atoms with E-state index in [9.17, 15) is 4.79 Å². The van der Waals surface area contributed by atoms with Gasteiger partial charge in [-0.1, -0.05) is 25.0 Å². The Balaban J connectivity index is 1.83. The number of carboxylic acid groups (broad SMARTS) is 1. The van der Waals surface area contributed by atoms with Crippen LogP contribution in [0.25, 0.3) is 0 Å². The number of carbonyl (C=O) groups is 1. The molecule has 19 heavy (non-hydrogen) atoms. The molecule has 0 aliphatic heterocycles. The van der Waals surface area contributed by atoms with Crippen molar-refractivity contribution in [3.63, 3.8) is 0 Å². The minimum atomic E-state index is -0.945. The van der Waals surface area contributed by atoms with Gasteiger partial charge >= 0.3 is 5.97 Å². The number of para-hydroxylation sites is 1. The summed E-state index contributed by atoms with van der Waals surface area (Å²) >= 11 is 0. The number of aromatic carboxylic acids is 1. The summed E-state index contributed by atoms with van der Waals surface area (Å²) in [6, 6.07) is 7.44. The van der Waals surface area contributed by atoms with Gasteiger partial charge in [0.1, 0.15) is 17.9 Å². The van der Waals surface area contributed by atoms with E-state index in [4.69, 9.17) is 9.84 Å². The molecule has 0 radical (unpaired) electrons. The second-order valence-electron chi connectivity index (χ2n) is 5.07. The molecular weight excluding hydrogens is 242 g/mol. The minimum absolute atomic E-state index is 0.228. The van der Waals surface area contributed by atoms with E-state index in [1.807, 2.05) is 0 Å². The molecule has 104 valence electrons. The Morgan fingerprint density at radius 1 is 1.37 bits per heavy atom. The number of carboxylic acids is 1. The first-order chi connectivity index (χ1) is 9.18. The molecule has 1 aliphatic rings. The number of hydrogen-bond donors (Lipinski definition) is 1. The number of hydrogen-bond acceptors (Lipinski definition) is 3. The quantitative estimate of drug-likeness (QED) is 0.857. The maximum absolute atomic E-state index is 11.0. The van der Waals surface area contributed by atoms with Crippen LogP contribution in [0.2, 0.25) is 0 Å². The van der Waals surface area contributed by atoms with Crippen molar-refractivity contribution in [1.29, 1.82) is 0 Å². The smallest absolute Gasteiger partial charge is 0.339 e. The maximum Gasteiger partial charge on any atom is 0.339 e. The van der Waals surface area contributed by atoms with E-state index >= 15 is 0 Å². The third-order valence-electron chi connectivity index (χ3n) is 3.77. The molecule has 0 heterocycles. The lowest BCUT2D eigenvalue weighted by molar-refractivity contribution is 0.0691. The lowest BCUT2D eigenvalue weighted by atomic mass is 10.2. The molecule has 1 aromatic carbocycles. The highest BCUT2D eigenvalue weighted by Gasteiger charge is 2.19. The SMILES string of the molecule is CN(CCOc1ccccc1C(=O)O)C1CCCC1. The zero-order chi connectivity index (χ0) is 13.7. The van der Waals surface area contributed by atoms with Gasteiger partial charge in [0.15, 0.2) is 0 Å². The molecule has 0 amide bonds. The molecule has 1 N–H and O–H groups in total. The van der Waals surface area contributed by atoms with Crippen LogP contribution in [0.1, 0.15) is 36.0 Å². The van der Waals surface area contributed by atoms with Crippen molar-refractivity contribution in [3.05, 3.63) is 29.8 Å². The zero-order valence-corrected chi connectivity index (χ0v) is 11.3. The summed E-state index contributed by atoms with van der Waals surface area (Å²) in [5, 5.41) is 9.06. The lowest BCUT2D eigenvalue weighted by Crippen LogP contribution is -2.32. The van der Waals surface area contributed by atoms with Gasteiger partial charge in [0.25, 0.3) is 0 Å². The molecule has 2 rings (SSSR count). The third kappa shape index (κ3) is 3.70. The number of likely N-dealkylation sites (N-methyl/N-ethyl adjacent to an activating group) is 1. The summed E-state index contributed by atoms with van der Waals surface area (Å²) in [4.78, 5) is 13.4. The number of ether oxygens (including phenoxy) is 1. The van der Waals surface area contributed by atoms with Crippen molar-refractivity contribution < 1.29 is 14.6 Å². The third-order valence-corrected chi connectivity index (χ3v) is 3.77. The van der Waals surface area contributed by atoms with Crippen molar-refractivity contribution in [1.82, 2.24) is 4.90 Å². The average Bonchev–Trinajstić information content (AvgIpc) is 2.93. The lowest BCUT2D eigenvalue weighted by Gasteiger charge is -2.23. The van der Waals surface area contributed by atoms with Crippen LogP contribution in [0.3, 0.4) is 0 Å². The molecule has 0 aromatic heterocycles. The summed E-state index contributed by atoms with van der Waals surface area (Å²) in [7, 11) is 2.11. The summed E-state index contributed by atoms with van der Waals surface area (Å²) in [6.45, 7) is 1.36. The molecule has 1 aliphatic carbocycles. The molecule has 1 aromatic rings. The number of benzene rings is 1. The van der Waals surface area contributed by atoms with E-state index in [2.05, 4.69) is 11.9 Å². The summed E-state index contributed by atoms with van der Waals surface area (Å²) in [5.41, 5.74) is 0.228. The fraction of sp³-hybridized carbons (Fsp3) is 0.533. The normalized spacial score (nSPS) is 15.9. The molecule has 0 unspecified atom stereocenters. The average molecular weight is 263 g/mol. The Labute approximate surface area is 114 Å². The molecule has 0 saturated heterocycles. The molecule has 4 heteroatoms. The van der Waals surface area contributed by atoms with Gasteiger partial charge in [0.05, 0.1) is 0 Å². The first-order valence-electron chi connectivity index (χ1n) is 6.84. The van der Waals surface area contributed by atoms with Crippen LogP contribution < -0.4 is 4.74 Å². The van der Waals surface area contributed by atoms with Crippen LogP contribution >= 0.6 is 0 Å². The Morgan fingerprint density at radius 3 is 2.74 bits per heavy atom. The fourth-order valence-corrected chi connectivity index (χ4v) is 2.60. The van der Waals surface area contributed by atoms with Crippen LogP contribution in [0.5, 0.6) is 5.75 Å². The largest absolute Gasteiger partial charge is 0.491 e. The Kier molecular flexibility index (Phi) is 4.80. The highest BCUT2D eigenvalue weighted by Crippen LogP contribution is 2.22. The van der Waals surface area contributed by atoms with Crippen molar-refractivity contribution in [3.8, 4) is 5.75 Å². The van der Waals surface area contributed by atoms with E-state index in [-0.39, 0.29) is 5.56 Å². The van der Waals surface area contributed by atoms with Gasteiger partial charge in [-0.25, -0.2) is 4.79 Å². The maximum atomic E-state index is 11.0. The zero-order valence-electron chi connectivity index (χ0n) is 11.3. The summed E-state index contributed by atoms with van der Waals surface area (Å²) in [6.07, 6.45) is 5.17. The standard InChI is InChI=1S/C15H21NO3/c1-16(12-6-2-3-7-12)10-11-19-14-9-5-4-8-13(14)15(17)18/h4-5,8-9,12H,2-3,6-7,10-11H2,1H3,(H,17,18). The van der Waals surface area contributed by atoms with Gasteiger partial charge in [0, 0.05) is 12.6 Å². The summed E-state index contributed by atoms with van der Waals surface area (Å²) in [5.74, 6) is -0.491. The van der Waals surface area contributed by atoms with Crippen LogP contribution in [0, 0.1) is 0 Å². The predicted octanol–water partition coefficient (Wildman–Crippen LogP) is 2.64. The molecule has 0 bridgehead atoms. The Morgan fingerprint density at radius 2 is 2.05 bits per heavy atom.